The number of carbonyl (C=O) groups excluding carboxylic acids is 1. The van der Waals surface area contributed by atoms with Gasteiger partial charge < -0.3 is 14.4 Å². The van der Waals surface area contributed by atoms with Gasteiger partial charge in [-0.2, -0.15) is 0 Å². The van der Waals surface area contributed by atoms with Crippen LogP contribution in [0.3, 0.4) is 0 Å². The normalized spacial score (nSPS) is 21.2. The third-order valence-corrected chi connectivity index (χ3v) is 3.83. The number of aromatic nitrogens is 1. The maximum atomic E-state index is 12.2. The number of alkyl halides is 1. The second kappa shape index (κ2) is 7.11. The number of aliphatic hydroxyl groups excluding tert-OH is 1. The molecule has 2 atom stereocenters. The lowest BCUT2D eigenvalue weighted by molar-refractivity contribution is 0.0522. The number of carbonyl (C=O) groups is 1. The van der Waals surface area contributed by atoms with Crippen molar-refractivity contribution in [2.45, 2.75) is 24.6 Å². The minimum Gasteiger partial charge on any atom is -0.462 e. The maximum absolute atomic E-state index is 12.2. The predicted molar refractivity (Wildman–Crippen MR) is 78.7 cm³/mol. The highest BCUT2D eigenvalue weighted by atomic mass is 35.5. The molecule has 1 aliphatic carbocycles. The molecule has 1 N–H and O–H groups in total. The largest absolute Gasteiger partial charge is 0.462 e. The Bertz CT molecular complexity index is 580. The molecule has 1 aromatic rings. The van der Waals surface area contributed by atoms with Crippen LogP contribution in [0.2, 0.25) is 0 Å². The maximum Gasteiger partial charge on any atom is 0.343 e. The quantitative estimate of drug-likeness (QED) is 0.663. The van der Waals surface area contributed by atoms with Gasteiger partial charge in [0.2, 0.25) is 0 Å². The third kappa shape index (κ3) is 3.31. The Labute approximate surface area is 132 Å². The smallest absolute Gasteiger partial charge is 0.343 e. The van der Waals surface area contributed by atoms with E-state index in [1.54, 1.807) is 25.2 Å². The van der Waals surface area contributed by atoms with Crippen molar-refractivity contribution in [1.29, 1.82) is 0 Å². The molecule has 114 valence electrons. The van der Waals surface area contributed by atoms with Crippen molar-refractivity contribution >= 4 is 29.2 Å². The first-order valence-electron chi connectivity index (χ1n) is 6.54. The SMILES string of the molecule is CCOC(=O)c1c(C2C(Cl)=CC=CC2Cl)noc1CCO. The van der Waals surface area contributed by atoms with E-state index >= 15 is 0 Å². The van der Waals surface area contributed by atoms with Gasteiger partial charge in [-0.1, -0.05) is 28.9 Å². The van der Waals surface area contributed by atoms with Crippen LogP contribution in [0.25, 0.3) is 0 Å². The second-order valence-electron chi connectivity index (χ2n) is 4.42. The molecule has 1 aromatic heterocycles. The molecule has 7 heteroatoms. The van der Waals surface area contributed by atoms with Crippen molar-refractivity contribution < 1.29 is 19.2 Å². The highest BCUT2D eigenvalue weighted by molar-refractivity contribution is 6.32. The van der Waals surface area contributed by atoms with E-state index in [0.717, 1.165) is 0 Å². The summed E-state index contributed by atoms with van der Waals surface area (Å²) in [6.07, 6.45) is 5.36. The summed E-state index contributed by atoms with van der Waals surface area (Å²) >= 11 is 12.5. The van der Waals surface area contributed by atoms with Crippen molar-refractivity contribution in [2.24, 2.45) is 0 Å². The number of hydrogen-bond donors (Lipinski definition) is 1. The molecule has 0 spiro atoms. The van der Waals surface area contributed by atoms with Gasteiger partial charge >= 0.3 is 5.97 Å². The topological polar surface area (TPSA) is 72.6 Å². The van der Waals surface area contributed by atoms with Crippen LogP contribution in [0.5, 0.6) is 0 Å². The summed E-state index contributed by atoms with van der Waals surface area (Å²) in [6.45, 7) is 1.76. The molecule has 0 saturated heterocycles. The molecule has 0 aromatic carbocycles. The zero-order valence-corrected chi connectivity index (χ0v) is 12.9. The van der Waals surface area contributed by atoms with E-state index in [-0.39, 0.29) is 31.0 Å². The van der Waals surface area contributed by atoms with E-state index in [9.17, 15) is 4.79 Å². The van der Waals surface area contributed by atoms with Crippen LogP contribution >= 0.6 is 23.2 Å². The Morgan fingerprint density at radius 3 is 2.95 bits per heavy atom. The molecule has 21 heavy (non-hydrogen) atoms. The van der Waals surface area contributed by atoms with Crippen LogP contribution < -0.4 is 0 Å². The molecular formula is C14H15Cl2NO4. The summed E-state index contributed by atoms with van der Waals surface area (Å²) in [5, 5.41) is 13.0. The van der Waals surface area contributed by atoms with Crippen LogP contribution in [0, 0.1) is 0 Å². The van der Waals surface area contributed by atoms with Crippen LogP contribution in [-0.2, 0) is 11.2 Å². The molecule has 0 aliphatic heterocycles. The Hall–Kier alpha value is -1.30. The highest BCUT2D eigenvalue weighted by Gasteiger charge is 2.34. The molecule has 0 bridgehead atoms. The van der Waals surface area contributed by atoms with E-state index < -0.39 is 17.3 Å². The lowest BCUT2D eigenvalue weighted by Crippen LogP contribution is -2.19. The molecule has 0 fully saturated rings. The molecule has 0 radical (unpaired) electrons. The minimum atomic E-state index is -0.555. The predicted octanol–water partition coefficient (Wildman–Crippen LogP) is 2.77. The number of hydrogen-bond acceptors (Lipinski definition) is 5. The van der Waals surface area contributed by atoms with Crippen LogP contribution in [0.1, 0.15) is 34.7 Å². The molecule has 1 heterocycles. The van der Waals surface area contributed by atoms with Crippen molar-refractivity contribution in [1.82, 2.24) is 5.16 Å². The number of halogens is 2. The Kier molecular flexibility index (Phi) is 5.45. The molecule has 2 rings (SSSR count). The Morgan fingerprint density at radius 2 is 2.33 bits per heavy atom. The minimum absolute atomic E-state index is 0.165. The van der Waals surface area contributed by atoms with Crippen LogP contribution in [0.15, 0.2) is 27.8 Å². The first kappa shape index (κ1) is 16.1. The number of allylic oxidation sites excluding steroid dienone is 4. The molecule has 1 aliphatic rings. The molecule has 0 saturated carbocycles. The van der Waals surface area contributed by atoms with E-state index in [2.05, 4.69) is 5.16 Å². The van der Waals surface area contributed by atoms with Crippen molar-refractivity contribution in [3.63, 3.8) is 0 Å². The summed E-state index contributed by atoms with van der Waals surface area (Å²) < 4.78 is 10.2. The summed E-state index contributed by atoms with van der Waals surface area (Å²) in [7, 11) is 0. The van der Waals surface area contributed by atoms with Crippen molar-refractivity contribution in [2.75, 3.05) is 13.2 Å². The monoisotopic (exact) mass is 331 g/mol. The molecule has 0 amide bonds. The van der Waals surface area contributed by atoms with Gasteiger partial charge in [-0.05, 0) is 13.0 Å². The average molecular weight is 332 g/mol. The number of esters is 1. The first-order chi connectivity index (χ1) is 10.1. The number of rotatable bonds is 5. The lowest BCUT2D eigenvalue weighted by atomic mass is 9.92. The third-order valence-electron chi connectivity index (χ3n) is 3.07. The van der Waals surface area contributed by atoms with Gasteiger partial charge in [0.1, 0.15) is 11.3 Å². The van der Waals surface area contributed by atoms with E-state index in [0.29, 0.717) is 10.7 Å². The fourth-order valence-corrected chi connectivity index (χ4v) is 2.86. The summed E-state index contributed by atoms with van der Waals surface area (Å²) in [5.41, 5.74) is 0.533. The van der Waals surface area contributed by atoms with Gasteiger partial charge in [-0.25, -0.2) is 4.79 Å². The molecular weight excluding hydrogens is 317 g/mol. The van der Waals surface area contributed by atoms with Gasteiger partial charge in [0.25, 0.3) is 0 Å². The fourth-order valence-electron chi connectivity index (χ4n) is 2.15. The Balaban J connectivity index is 2.46. The molecule has 5 nitrogen and oxygen atoms in total. The first-order valence-corrected chi connectivity index (χ1v) is 7.36. The molecule has 2 unspecified atom stereocenters. The van der Waals surface area contributed by atoms with E-state index in [1.807, 2.05) is 0 Å². The van der Waals surface area contributed by atoms with Crippen molar-refractivity contribution in [3.8, 4) is 0 Å². The van der Waals surface area contributed by atoms with E-state index in [4.69, 9.17) is 37.6 Å². The lowest BCUT2D eigenvalue weighted by Gasteiger charge is -2.20. The number of nitrogens with zero attached hydrogens (tertiary/aromatic N) is 1. The van der Waals surface area contributed by atoms with Gasteiger partial charge in [-0.3, -0.25) is 0 Å². The second-order valence-corrected chi connectivity index (χ2v) is 5.36. The van der Waals surface area contributed by atoms with Gasteiger partial charge in [0.15, 0.2) is 5.76 Å². The average Bonchev–Trinajstić information content (AvgIpc) is 2.83. The van der Waals surface area contributed by atoms with Crippen molar-refractivity contribution in [3.05, 3.63) is 40.3 Å². The summed E-state index contributed by atoms with van der Waals surface area (Å²) in [4.78, 5) is 12.2. The number of aliphatic hydroxyl groups is 1. The van der Waals surface area contributed by atoms with Gasteiger partial charge in [-0.15, -0.1) is 11.6 Å². The highest BCUT2D eigenvalue weighted by Crippen LogP contribution is 2.38. The summed E-state index contributed by atoms with van der Waals surface area (Å²) in [5.74, 6) is -0.761. The Morgan fingerprint density at radius 1 is 1.57 bits per heavy atom. The standard InChI is InChI=1S/C14H15Cl2NO4/c1-2-20-14(19)12-10(6-7-18)21-17-13(12)11-8(15)4-3-5-9(11)16/h3-5,8,11,18H,2,6-7H2,1H3. The van der Waals surface area contributed by atoms with Gasteiger partial charge in [0, 0.05) is 11.5 Å². The van der Waals surface area contributed by atoms with Gasteiger partial charge in [0.05, 0.1) is 24.5 Å². The zero-order chi connectivity index (χ0) is 15.4. The fraction of sp³-hybridized carbons (Fsp3) is 0.429. The zero-order valence-electron chi connectivity index (χ0n) is 11.4. The number of ether oxygens (including phenoxy) is 1. The van der Waals surface area contributed by atoms with Crippen LogP contribution in [0.4, 0.5) is 0 Å². The van der Waals surface area contributed by atoms with E-state index in [1.165, 1.54) is 0 Å². The van der Waals surface area contributed by atoms with Crippen LogP contribution in [-0.4, -0.2) is 34.8 Å². The summed E-state index contributed by atoms with van der Waals surface area (Å²) in [6, 6.07) is 0.